The van der Waals surface area contributed by atoms with Crippen LogP contribution in [0.5, 0.6) is 5.75 Å². The number of methoxy groups -OCH3 is 1. The van der Waals surface area contributed by atoms with Gasteiger partial charge in [0.2, 0.25) is 5.91 Å². The van der Waals surface area contributed by atoms with E-state index in [-0.39, 0.29) is 30.9 Å². The van der Waals surface area contributed by atoms with Crippen LogP contribution in [-0.4, -0.2) is 76.4 Å². The molecule has 1 unspecified atom stereocenters. The van der Waals surface area contributed by atoms with Gasteiger partial charge in [-0.25, -0.2) is 9.18 Å². The molecule has 0 spiro atoms. The van der Waals surface area contributed by atoms with Crippen molar-refractivity contribution >= 4 is 34.5 Å². The molecule has 0 saturated carbocycles. The Labute approximate surface area is 232 Å². The van der Waals surface area contributed by atoms with Crippen LogP contribution in [-0.2, 0) is 20.9 Å². The highest BCUT2D eigenvalue weighted by Gasteiger charge is 2.37. The number of amides is 3. The molecule has 40 heavy (non-hydrogen) atoms. The van der Waals surface area contributed by atoms with Crippen molar-refractivity contribution in [3.05, 3.63) is 54.0 Å². The number of piperazine rings is 1. The van der Waals surface area contributed by atoms with E-state index < -0.39 is 17.5 Å². The Balaban J connectivity index is 1.31. The summed E-state index contributed by atoms with van der Waals surface area (Å²) in [4.78, 5) is 43.3. The lowest BCUT2D eigenvalue weighted by Crippen LogP contribution is -2.50. The second-order valence-corrected chi connectivity index (χ2v) is 11.1. The first kappa shape index (κ1) is 27.4. The molecule has 11 heteroatoms. The molecule has 3 heterocycles. The number of halogens is 1. The number of rotatable bonds is 5. The van der Waals surface area contributed by atoms with Gasteiger partial charge in [0.25, 0.3) is 5.91 Å². The first-order valence-corrected chi connectivity index (χ1v) is 13.4. The Morgan fingerprint density at radius 1 is 1.07 bits per heavy atom. The summed E-state index contributed by atoms with van der Waals surface area (Å²) < 4.78 is 27.6. The Morgan fingerprint density at radius 2 is 1.77 bits per heavy atom. The lowest BCUT2D eigenvalue weighted by molar-refractivity contribution is -0.152. The number of carbonyl (C=O) groups excluding carboxylic acids is 3. The summed E-state index contributed by atoms with van der Waals surface area (Å²) >= 11 is 0. The van der Waals surface area contributed by atoms with Crippen LogP contribution >= 0.6 is 0 Å². The third-order valence-corrected chi connectivity index (χ3v) is 7.21. The Bertz CT molecular complexity index is 1420. The highest BCUT2D eigenvalue weighted by molar-refractivity contribution is 6.00. The number of benzene rings is 2. The van der Waals surface area contributed by atoms with Gasteiger partial charge in [-0.05, 0) is 51.0 Å². The largest absolute Gasteiger partial charge is 0.497 e. The van der Waals surface area contributed by atoms with Gasteiger partial charge in [0.15, 0.2) is 0 Å². The molecule has 3 amide bonds. The first-order chi connectivity index (χ1) is 19.0. The molecule has 0 aliphatic carbocycles. The van der Waals surface area contributed by atoms with Crippen LogP contribution in [0.3, 0.4) is 0 Å². The molecule has 0 bridgehead atoms. The number of hydrogen-bond donors (Lipinski definition) is 0. The Morgan fingerprint density at radius 3 is 2.42 bits per heavy atom. The van der Waals surface area contributed by atoms with E-state index >= 15 is 4.39 Å². The molecule has 2 fully saturated rings. The maximum absolute atomic E-state index is 15.4. The van der Waals surface area contributed by atoms with E-state index in [2.05, 4.69) is 5.10 Å². The molecule has 2 aliphatic rings. The highest BCUT2D eigenvalue weighted by Crippen LogP contribution is 2.32. The average Bonchev–Trinajstić information content (AvgIpc) is 3.32. The van der Waals surface area contributed by atoms with E-state index in [1.54, 1.807) is 36.4 Å². The number of anilines is 1. The van der Waals surface area contributed by atoms with Crippen molar-refractivity contribution in [2.24, 2.45) is 0 Å². The fourth-order valence-corrected chi connectivity index (χ4v) is 5.13. The van der Waals surface area contributed by atoms with E-state index in [0.29, 0.717) is 54.9 Å². The van der Waals surface area contributed by atoms with Crippen molar-refractivity contribution in [3.63, 3.8) is 0 Å². The van der Waals surface area contributed by atoms with Crippen LogP contribution in [0.1, 0.15) is 45.2 Å². The predicted octanol–water partition coefficient (Wildman–Crippen LogP) is 4.13. The molecule has 10 nitrogen and oxygen atoms in total. The third-order valence-electron chi connectivity index (χ3n) is 7.21. The SMILES string of the molecule is COc1ccc(CN2C(=O)CCC(n3ncc4cc(N5CCN(C(=O)OC(C)(C)C)CC5)c(F)cc43)C2=O)cc1. The zero-order valence-corrected chi connectivity index (χ0v) is 23.2. The highest BCUT2D eigenvalue weighted by atomic mass is 19.1. The van der Waals surface area contributed by atoms with Crippen molar-refractivity contribution < 1.29 is 28.2 Å². The number of likely N-dealkylation sites (tertiary alicyclic amines) is 1. The number of piperidine rings is 1. The second-order valence-electron chi connectivity index (χ2n) is 11.1. The molecule has 2 saturated heterocycles. The monoisotopic (exact) mass is 551 g/mol. The van der Waals surface area contributed by atoms with E-state index in [1.807, 2.05) is 37.8 Å². The van der Waals surface area contributed by atoms with Gasteiger partial charge in [0, 0.05) is 44.1 Å². The molecule has 212 valence electrons. The van der Waals surface area contributed by atoms with Crippen molar-refractivity contribution in [3.8, 4) is 5.75 Å². The summed E-state index contributed by atoms with van der Waals surface area (Å²) in [5.74, 6) is -0.353. The molecule has 1 atom stereocenters. The van der Waals surface area contributed by atoms with Gasteiger partial charge in [-0.2, -0.15) is 5.10 Å². The summed E-state index contributed by atoms with van der Waals surface area (Å²) in [7, 11) is 1.57. The van der Waals surface area contributed by atoms with Crippen LogP contribution in [0, 0.1) is 5.82 Å². The average molecular weight is 552 g/mol. The normalized spacial score (nSPS) is 18.4. The Kier molecular flexibility index (Phi) is 7.39. The second kappa shape index (κ2) is 10.8. The van der Waals surface area contributed by atoms with E-state index in [0.717, 1.165) is 5.56 Å². The number of nitrogens with zero attached hydrogens (tertiary/aromatic N) is 5. The Hall–Kier alpha value is -4.15. The zero-order chi connectivity index (χ0) is 28.6. The number of imide groups is 1. The molecule has 0 radical (unpaired) electrons. The number of carbonyl (C=O) groups is 3. The fraction of sp³-hybridized carbons (Fsp3) is 0.448. The van der Waals surface area contributed by atoms with Gasteiger partial charge in [-0.15, -0.1) is 0 Å². The van der Waals surface area contributed by atoms with Crippen molar-refractivity contribution in [1.82, 2.24) is 19.6 Å². The van der Waals surface area contributed by atoms with Gasteiger partial charge in [0.1, 0.15) is 23.2 Å². The van der Waals surface area contributed by atoms with Crippen LogP contribution in [0.15, 0.2) is 42.6 Å². The fourth-order valence-electron chi connectivity index (χ4n) is 5.13. The molecule has 2 aromatic carbocycles. The van der Waals surface area contributed by atoms with Gasteiger partial charge in [-0.1, -0.05) is 12.1 Å². The van der Waals surface area contributed by atoms with Crippen molar-refractivity contribution in [2.75, 3.05) is 38.2 Å². The van der Waals surface area contributed by atoms with E-state index in [1.165, 1.54) is 15.6 Å². The van der Waals surface area contributed by atoms with Gasteiger partial charge >= 0.3 is 6.09 Å². The third kappa shape index (κ3) is 5.59. The van der Waals surface area contributed by atoms with E-state index in [9.17, 15) is 14.4 Å². The summed E-state index contributed by atoms with van der Waals surface area (Å²) in [6.07, 6.45) is 1.73. The minimum Gasteiger partial charge on any atom is -0.497 e. The van der Waals surface area contributed by atoms with Crippen LogP contribution < -0.4 is 9.64 Å². The lowest BCUT2D eigenvalue weighted by Gasteiger charge is -2.36. The maximum atomic E-state index is 15.4. The molecule has 2 aliphatic heterocycles. The predicted molar refractivity (Wildman–Crippen MR) is 147 cm³/mol. The summed E-state index contributed by atoms with van der Waals surface area (Å²) in [5.41, 5.74) is 1.13. The van der Waals surface area contributed by atoms with Crippen molar-refractivity contribution in [2.45, 2.75) is 51.8 Å². The summed E-state index contributed by atoms with van der Waals surface area (Å²) in [5, 5.41) is 5.13. The number of hydrogen-bond acceptors (Lipinski definition) is 7. The topological polar surface area (TPSA) is 97.2 Å². The standard InChI is InChI=1S/C29H34FN5O5/c1-29(2,3)40-28(38)33-13-11-32(12-14-33)25-15-20-17-31-35(24(20)16-22(25)30)23-9-10-26(36)34(27(23)37)18-19-5-7-21(39-4)8-6-19/h5-8,15-17,23H,9-14,18H2,1-4H3. The number of fused-ring (bicyclic) bond motifs is 1. The molecule has 3 aromatic rings. The quantitative estimate of drug-likeness (QED) is 0.440. The first-order valence-electron chi connectivity index (χ1n) is 13.4. The van der Waals surface area contributed by atoms with Crippen molar-refractivity contribution in [1.29, 1.82) is 0 Å². The van der Waals surface area contributed by atoms with Gasteiger partial charge < -0.3 is 19.3 Å². The molecule has 0 N–H and O–H groups in total. The van der Waals surface area contributed by atoms with Crippen LogP contribution in [0.4, 0.5) is 14.9 Å². The number of aromatic nitrogens is 2. The smallest absolute Gasteiger partial charge is 0.410 e. The van der Waals surface area contributed by atoms with Crippen LogP contribution in [0.2, 0.25) is 0 Å². The molecule has 1 aromatic heterocycles. The van der Waals surface area contributed by atoms with Gasteiger partial charge in [0.05, 0.1) is 31.1 Å². The van der Waals surface area contributed by atoms with Crippen LogP contribution in [0.25, 0.3) is 10.9 Å². The lowest BCUT2D eigenvalue weighted by atomic mass is 10.0. The van der Waals surface area contributed by atoms with E-state index in [4.69, 9.17) is 9.47 Å². The zero-order valence-electron chi connectivity index (χ0n) is 23.2. The molecule has 5 rings (SSSR count). The summed E-state index contributed by atoms with van der Waals surface area (Å²) in [6, 6.07) is 9.61. The van der Waals surface area contributed by atoms with Gasteiger partial charge in [-0.3, -0.25) is 19.2 Å². The minimum atomic E-state index is -0.712. The summed E-state index contributed by atoms with van der Waals surface area (Å²) in [6.45, 7) is 7.36. The maximum Gasteiger partial charge on any atom is 0.410 e. The minimum absolute atomic E-state index is 0.144. The molecular weight excluding hydrogens is 517 g/mol. The molecular formula is C29H34FN5O5. The number of ether oxygens (including phenoxy) is 2.